The minimum absolute atomic E-state index is 0.0394. The van der Waals surface area contributed by atoms with Gasteiger partial charge >= 0.3 is 0 Å². The molecule has 1 atom stereocenters. The Morgan fingerprint density at radius 1 is 1.05 bits per heavy atom. The molecule has 2 aromatic carbocycles. The first-order valence-corrected chi connectivity index (χ1v) is 7.60. The molecule has 2 aromatic rings. The third-order valence-electron chi connectivity index (χ3n) is 3.12. The fraction of sp³-hybridized carbons (Fsp3) is 0.200. The third-order valence-corrected chi connectivity index (χ3v) is 4.03. The summed E-state index contributed by atoms with van der Waals surface area (Å²) < 4.78 is 30.0. The van der Waals surface area contributed by atoms with Gasteiger partial charge in [-0.2, -0.15) is 0 Å². The largest absolute Gasteiger partial charge is 0.309 e. The Bertz CT molecular complexity index is 624. The normalized spacial score (nSPS) is 12.5. The van der Waals surface area contributed by atoms with Crippen molar-refractivity contribution in [1.82, 2.24) is 5.32 Å². The minimum Gasteiger partial charge on any atom is -0.309 e. The van der Waals surface area contributed by atoms with Crippen molar-refractivity contribution in [2.24, 2.45) is 0 Å². The van der Waals surface area contributed by atoms with Gasteiger partial charge in [0.25, 0.3) is 0 Å². The maximum absolute atomic E-state index is 14.3. The molecule has 0 aliphatic heterocycles. The number of halogens is 4. The molecule has 0 radical (unpaired) electrons. The minimum atomic E-state index is -0.552. The van der Waals surface area contributed by atoms with Crippen LogP contribution in [0.5, 0.6) is 0 Å². The van der Waals surface area contributed by atoms with Crippen LogP contribution in [-0.2, 0) is 0 Å². The van der Waals surface area contributed by atoms with E-state index in [9.17, 15) is 8.78 Å². The monoisotopic (exact) mass is 403 g/mol. The standard InChI is InChI=1S/C15H13Br2F2N/c1-8-3-4-12(18)13(14(8)19)15(20-2)9-5-10(16)7-11(17)6-9/h3-7,15,20H,1-2H3. The molecular weight excluding hydrogens is 392 g/mol. The SMILES string of the molecule is CNC(c1cc(Br)cc(Br)c1)c1c(F)ccc(C)c1F. The number of rotatable bonds is 3. The highest BCUT2D eigenvalue weighted by Crippen LogP contribution is 2.31. The van der Waals surface area contributed by atoms with E-state index in [0.717, 1.165) is 14.5 Å². The topological polar surface area (TPSA) is 12.0 Å². The second kappa shape index (κ2) is 6.33. The number of hydrogen-bond donors (Lipinski definition) is 1. The molecule has 1 nitrogen and oxygen atoms in total. The molecule has 0 aromatic heterocycles. The smallest absolute Gasteiger partial charge is 0.134 e. The van der Waals surface area contributed by atoms with Crippen molar-refractivity contribution in [3.8, 4) is 0 Å². The first-order chi connectivity index (χ1) is 9.43. The molecule has 0 fully saturated rings. The van der Waals surface area contributed by atoms with Crippen LogP contribution in [0.15, 0.2) is 39.3 Å². The van der Waals surface area contributed by atoms with Crippen LogP contribution in [0.4, 0.5) is 8.78 Å². The van der Waals surface area contributed by atoms with Gasteiger partial charge in [-0.25, -0.2) is 8.78 Å². The van der Waals surface area contributed by atoms with Gasteiger partial charge in [-0.05, 0) is 49.4 Å². The average Bonchev–Trinajstić information content (AvgIpc) is 2.38. The summed E-state index contributed by atoms with van der Waals surface area (Å²) in [6, 6.07) is 7.74. The molecule has 0 saturated carbocycles. The second-order valence-corrected chi connectivity index (χ2v) is 6.35. The molecule has 1 N–H and O–H groups in total. The number of benzene rings is 2. The van der Waals surface area contributed by atoms with E-state index in [-0.39, 0.29) is 5.56 Å². The van der Waals surface area contributed by atoms with Crippen molar-refractivity contribution in [1.29, 1.82) is 0 Å². The molecule has 0 spiro atoms. The summed E-state index contributed by atoms with van der Waals surface area (Å²) >= 11 is 6.78. The van der Waals surface area contributed by atoms with Gasteiger partial charge in [0.05, 0.1) is 6.04 Å². The van der Waals surface area contributed by atoms with Crippen molar-refractivity contribution in [2.75, 3.05) is 7.05 Å². The number of aryl methyl sites for hydroxylation is 1. The van der Waals surface area contributed by atoms with E-state index < -0.39 is 17.7 Å². The predicted octanol–water partition coefficient (Wildman–Crippen LogP) is 5.11. The zero-order valence-corrected chi connectivity index (χ0v) is 14.1. The van der Waals surface area contributed by atoms with Crippen LogP contribution in [0.25, 0.3) is 0 Å². The van der Waals surface area contributed by atoms with Gasteiger partial charge in [-0.15, -0.1) is 0 Å². The Morgan fingerprint density at radius 2 is 1.65 bits per heavy atom. The molecule has 0 heterocycles. The molecule has 0 amide bonds. The predicted molar refractivity (Wildman–Crippen MR) is 83.8 cm³/mol. The Labute approximate surface area is 133 Å². The summed E-state index contributed by atoms with van der Waals surface area (Å²) in [5.74, 6) is -1.07. The van der Waals surface area contributed by atoms with E-state index in [0.29, 0.717) is 5.56 Å². The Morgan fingerprint density at radius 3 is 2.20 bits per heavy atom. The summed E-state index contributed by atoms with van der Waals surface area (Å²) in [7, 11) is 1.68. The first-order valence-electron chi connectivity index (χ1n) is 6.01. The van der Waals surface area contributed by atoms with Gasteiger partial charge in [-0.3, -0.25) is 0 Å². The van der Waals surface area contributed by atoms with E-state index >= 15 is 0 Å². The fourth-order valence-corrected chi connectivity index (χ4v) is 3.49. The van der Waals surface area contributed by atoms with E-state index in [1.54, 1.807) is 14.0 Å². The highest BCUT2D eigenvalue weighted by molar-refractivity contribution is 9.11. The molecule has 20 heavy (non-hydrogen) atoms. The lowest BCUT2D eigenvalue weighted by molar-refractivity contribution is 0.517. The first kappa shape index (κ1) is 15.6. The molecule has 0 aliphatic rings. The summed E-state index contributed by atoms with van der Waals surface area (Å²) in [5.41, 5.74) is 1.24. The van der Waals surface area contributed by atoms with Crippen LogP contribution in [-0.4, -0.2) is 7.05 Å². The molecule has 0 bridgehead atoms. The van der Waals surface area contributed by atoms with Crippen molar-refractivity contribution in [3.63, 3.8) is 0 Å². The Hall–Kier alpha value is -0.780. The van der Waals surface area contributed by atoms with Gasteiger partial charge in [-0.1, -0.05) is 37.9 Å². The Kier molecular flexibility index (Phi) is 4.94. The lowest BCUT2D eigenvalue weighted by atomic mass is 9.96. The van der Waals surface area contributed by atoms with Crippen molar-refractivity contribution in [2.45, 2.75) is 13.0 Å². The number of hydrogen-bond acceptors (Lipinski definition) is 1. The van der Waals surface area contributed by atoms with Crippen LogP contribution in [0.3, 0.4) is 0 Å². The molecule has 0 saturated heterocycles. The van der Waals surface area contributed by atoms with Gasteiger partial charge in [0.2, 0.25) is 0 Å². The van der Waals surface area contributed by atoms with E-state index in [1.165, 1.54) is 12.1 Å². The summed E-state index contributed by atoms with van der Waals surface area (Å²) in [5, 5.41) is 2.98. The second-order valence-electron chi connectivity index (χ2n) is 4.52. The highest BCUT2D eigenvalue weighted by atomic mass is 79.9. The van der Waals surface area contributed by atoms with E-state index in [1.807, 2.05) is 18.2 Å². The van der Waals surface area contributed by atoms with Crippen LogP contribution >= 0.6 is 31.9 Å². The van der Waals surface area contributed by atoms with Crippen LogP contribution in [0, 0.1) is 18.6 Å². The van der Waals surface area contributed by atoms with Crippen LogP contribution < -0.4 is 5.32 Å². The maximum atomic E-state index is 14.3. The zero-order chi connectivity index (χ0) is 14.9. The molecule has 0 aliphatic carbocycles. The lowest BCUT2D eigenvalue weighted by Crippen LogP contribution is -2.21. The lowest BCUT2D eigenvalue weighted by Gasteiger charge is -2.20. The van der Waals surface area contributed by atoms with Crippen molar-refractivity contribution < 1.29 is 8.78 Å². The summed E-state index contributed by atoms with van der Waals surface area (Å²) in [4.78, 5) is 0. The maximum Gasteiger partial charge on any atom is 0.134 e. The van der Waals surface area contributed by atoms with E-state index in [2.05, 4.69) is 37.2 Å². The van der Waals surface area contributed by atoms with Crippen molar-refractivity contribution >= 4 is 31.9 Å². The molecule has 2 rings (SSSR count). The average molecular weight is 405 g/mol. The van der Waals surface area contributed by atoms with Crippen LogP contribution in [0.1, 0.15) is 22.7 Å². The molecule has 106 valence electrons. The third kappa shape index (κ3) is 3.10. The molecular formula is C15H13Br2F2N. The van der Waals surface area contributed by atoms with Crippen molar-refractivity contribution in [3.05, 3.63) is 67.6 Å². The van der Waals surface area contributed by atoms with Gasteiger partial charge in [0.1, 0.15) is 11.6 Å². The molecule has 1 unspecified atom stereocenters. The fourth-order valence-electron chi connectivity index (χ4n) is 2.16. The summed E-state index contributed by atoms with van der Waals surface area (Å²) in [6.45, 7) is 1.63. The van der Waals surface area contributed by atoms with E-state index in [4.69, 9.17) is 0 Å². The quantitative estimate of drug-likeness (QED) is 0.749. The van der Waals surface area contributed by atoms with Gasteiger partial charge < -0.3 is 5.32 Å². The number of nitrogens with one attached hydrogen (secondary N) is 1. The molecule has 5 heteroatoms. The van der Waals surface area contributed by atoms with Gasteiger partial charge in [0, 0.05) is 14.5 Å². The summed E-state index contributed by atoms with van der Waals surface area (Å²) in [6.07, 6.45) is 0. The van der Waals surface area contributed by atoms with Crippen LogP contribution in [0.2, 0.25) is 0 Å². The Balaban J connectivity index is 2.61. The van der Waals surface area contributed by atoms with Gasteiger partial charge in [0.15, 0.2) is 0 Å². The highest BCUT2D eigenvalue weighted by Gasteiger charge is 2.22. The zero-order valence-electron chi connectivity index (χ0n) is 11.0.